The van der Waals surface area contributed by atoms with Gasteiger partial charge in [0.25, 0.3) is 0 Å². The van der Waals surface area contributed by atoms with Gasteiger partial charge in [-0.2, -0.15) is 0 Å². The molecule has 3 heteroatoms. The van der Waals surface area contributed by atoms with E-state index >= 15 is 0 Å². The van der Waals surface area contributed by atoms with Crippen LogP contribution in [0, 0.1) is 0 Å². The highest BCUT2D eigenvalue weighted by molar-refractivity contribution is 6.90. The van der Waals surface area contributed by atoms with Crippen molar-refractivity contribution in [3.8, 4) is 0 Å². The zero-order valence-electron chi connectivity index (χ0n) is 22.4. The molecule has 0 amide bonds. The Labute approximate surface area is 183 Å². The van der Waals surface area contributed by atoms with Crippen molar-refractivity contribution < 1.29 is 4.12 Å². The second-order valence-electron chi connectivity index (χ2n) is 10.8. The molecule has 0 aromatic rings. The van der Waals surface area contributed by atoms with E-state index < -0.39 is 16.6 Å². The largest absolute Gasteiger partial charge is 0.454 e. The Bertz CT molecular complexity index is 295. The molecule has 1 nitrogen and oxygen atoms in total. The maximum absolute atomic E-state index is 7.47. The highest BCUT2D eigenvalue weighted by atomic mass is 28.4. The summed E-state index contributed by atoms with van der Waals surface area (Å²) in [5.41, 5.74) is 4.09. The van der Waals surface area contributed by atoms with Crippen molar-refractivity contribution in [2.24, 2.45) is 0 Å². The van der Waals surface area contributed by atoms with Gasteiger partial charge in [-0.3, -0.25) is 0 Å². The topological polar surface area (TPSA) is 9.23 Å². The second kappa shape index (κ2) is 14.4. The van der Waals surface area contributed by atoms with Crippen LogP contribution in [-0.4, -0.2) is 16.6 Å². The van der Waals surface area contributed by atoms with Gasteiger partial charge in [-0.05, 0) is 33.2 Å². The highest BCUT2D eigenvalue weighted by Crippen LogP contribution is 2.51. The Hall–Kier alpha value is 0.394. The molecule has 0 N–H and O–H groups in total. The SMILES string of the molecule is CC(C)[Si](O[Si](C(C)C)(C(C)C)C(C)C)(C(C)C)C(C)C.CCCCCCC. The predicted molar refractivity (Wildman–Crippen MR) is 138 cm³/mol. The highest BCUT2D eigenvalue weighted by Gasteiger charge is 2.54. The van der Waals surface area contributed by atoms with E-state index in [0.717, 1.165) is 0 Å². The molecule has 0 saturated carbocycles. The summed E-state index contributed by atoms with van der Waals surface area (Å²) in [7, 11) is -3.58. The van der Waals surface area contributed by atoms with Crippen LogP contribution in [0.15, 0.2) is 0 Å². The first-order valence-corrected chi connectivity index (χ1v) is 16.8. The number of rotatable bonds is 12. The quantitative estimate of drug-likeness (QED) is 0.221. The molecule has 0 rings (SSSR count). The summed E-state index contributed by atoms with van der Waals surface area (Å²) in [6.45, 7) is 33.4. The van der Waals surface area contributed by atoms with Crippen LogP contribution in [0.1, 0.15) is 129 Å². The summed E-state index contributed by atoms with van der Waals surface area (Å²) in [6, 6.07) is 0. The second-order valence-corrected chi connectivity index (χ2v) is 22.0. The molecule has 0 heterocycles. The molecule has 0 aliphatic heterocycles. The van der Waals surface area contributed by atoms with Crippen LogP contribution < -0.4 is 0 Å². The Morgan fingerprint density at radius 2 is 0.643 bits per heavy atom. The van der Waals surface area contributed by atoms with E-state index in [-0.39, 0.29) is 0 Å². The standard InChI is InChI=1S/C18H42OSi2.C7H16/c1-13(2)20(14(3)4,15(5)6)19-21(16(7)8,17(9)10)18(11)12;1-3-5-7-6-4-2/h13-18H,1-12H3;3-7H2,1-2H3. The minimum absolute atomic E-state index is 0.681. The van der Waals surface area contributed by atoms with Gasteiger partial charge in [0.2, 0.25) is 0 Å². The normalized spacial score (nSPS) is 13.3. The van der Waals surface area contributed by atoms with Crippen LogP contribution in [0.25, 0.3) is 0 Å². The zero-order chi connectivity index (χ0) is 22.7. The minimum atomic E-state index is -1.79. The van der Waals surface area contributed by atoms with Crippen LogP contribution in [0.3, 0.4) is 0 Å². The first kappa shape index (κ1) is 30.6. The van der Waals surface area contributed by atoms with Crippen LogP contribution in [0.5, 0.6) is 0 Å². The van der Waals surface area contributed by atoms with Gasteiger partial charge in [-0.15, -0.1) is 0 Å². The molecule has 0 radical (unpaired) electrons. The molecular formula is C25H58OSi2. The lowest BCUT2D eigenvalue weighted by atomic mass is 10.2. The summed E-state index contributed by atoms with van der Waals surface area (Å²) in [5, 5.41) is 0. The van der Waals surface area contributed by atoms with Crippen LogP contribution in [0.2, 0.25) is 33.2 Å². The Kier molecular flexibility index (Phi) is 15.7. The zero-order valence-corrected chi connectivity index (χ0v) is 24.4. The van der Waals surface area contributed by atoms with Gasteiger partial charge in [-0.25, -0.2) is 0 Å². The summed E-state index contributed by atoms with van der Waals surface area (Å²) < 4.78 is 7.47. The summed E-state index contributed by atoms with van der Waals surface area (Å²) in [4.78, 5) is 0. The molecule has 28 heavy (non-hydrogen) atoms. The van der Waals surface area contributed by atoms with Gasteiger partial charge in [0.15, 0.2) is 16.6 Å². The molecule has 172 valence electrons. The van der Waals surface area contributed by atoms with E-state index in [1.165, 1.54) is 32.1 Å². The monoisotopic (exact) mass is 430 g/mol. The summed E-state index contributed by atoms with van der Waals surface area (Å²) in [6.07, 6.45) is 7.01. The van der Waals surface area contributed by atoms with Gasteiger partial charge in [0.05, 0.1) is 0 Å². The maximum atomic E-state index is 7.47. The first-order chi connectivity index (χ1) is 12.8. The molecule has 0 saturated heterocycles. The number of unbranched alkanes of at least 4 members (excludes halogenated alkanes) is 4. The lowest BCUT2D eigenvalue weighted by Crippen LogP contribution is -2.60. The third-order valence-electron chi connectivity index (χ3n) is 6.97. The minimum Gasteiger partial charge on any atom is -0.454 e. The average molecular weight is 431 g/mol. The fraction of sp³-hybridized carbons (Fsp3) is 1.00. The third kappa shape index (κ3) is 7.91. The predicted octanol–water partition coefficient (Wildman–Crippen LogP) is 10.3. The fourth-order valence-electron chi connectivity index (χ4n) is 5.69. The number of hydrogen-bond acceptors (Lipinski definition) is 1. The van der Waals surface area contributed by atoms with Gasteiger partial charge in [0.1, 0.15) is 0 Å². The lowest BCUT2D eigenvalue weighted by molar-refractivity contribution is 0.426. The third-order valence-corrected chi connectivity index (χ3v) is 20.6. The van der Waals surface area contributed by atoms with Crippen molar-refractivity contribution in [2.75, 3.05) is 0 Å². The molecule has 0 aliphatic carbocycles. The average Bonchev–Trinajstić information content (AvgIpc) is 2.54. The van der Waals surface area contributed by atoms with Gasteiger partial charge >= 0.3 is 0 Å². The van der Waals surface area contributed by atoms with E-state index in [9.17, 15) is 0 Å². The molecule has 0 spiro atoms. The Balaban J connectivity index is 0. The van der Waals surface area contributed by atoms with Gasteiger partial charge in [0, 0.05) is 0 Å². The van der Waals surface area contributed by atoms with Crippen LogP contribution in [-0.2, 0) is 4.12 Å². The maximum Gasteiger partial charge on any atom is 0.187 e. The molecule has 0 atom stereocenters. The van der Waals surface area contributed by atoms with Crippen LogP contribution in [0.4, 0.5) is 0 Å². The van der Waals surface area contributed by atoms with E-state index in [1.807, 2.05) is 0 Å². The van der Waals surface area contributed by atoms with Gasteiger partial charge < -0.3 is 4.12 Å². The fourth-order valence-corrected chi connectivity index (χ4v) is 21.8. The molecule has 0 aromatic carbocycles. The lowest BCUT2D eigenvalue weighted by Gasteiger charge is -2.54. The molecule has 0 fully saturated rings. The first-order valence-electron chi connectivity index (χ1n) is 12.5. The van der Waals surface area contributed by atoms with Crippen LogP contribution >= 0.6 is 0 Å². The van der Waals surface area contributed by atoms with Crippen molar-refractivity contribution in [2.45, 2.75) is 162 Å². The summed E-state index contributed by atoms with van der Waals surface area (Å²) in [5.74, 6) is 0. The Morgan fingerprint density at radius 1 is 0.429 bits per heavy atom. The van der Waals surface area contributed by atoms with Crippen molar-refractivity contribution in [1.82, 2.24) is 0 Å². The van der Waals surface area contributed by atoms with E-state index in [4.69, 9.17) is 4.12 Å². The Morgan fingerprint density at radius 3 is 0.786 bits per heavy atom. The molecular weight excluding hydrogens is 372 g/mol. The van der Waals surface area contributed by atoms with Crippen molar-refractivity contribution in [3.05, 3.63) is 0 Å². The van der Waals surface area contributed by atoms with Gasteiger partial charge in [-0.1, -0.05) is 129 Å². The van der Waals surface area contributed by atoms with Crippen molar-refractivity contribution in [1.29, 1.82) is 0 Å². The van der Waals surface area contributed by atoms with Crippen molar-refractivity contribution >= 4 is 16.6 Å². The van der Waals surface area contributed by atoms with Crippen molar-refractivity contribution in [3.63, 3.8) is 0 Å². The van der Waals surface area contributed by atoms with E-state index in [1.54, 1.807) is 0 Å². The molecule has 0 unspecified atom stereocenters. The smallest absolute Gasteiger partial charge is 0.187 e. The molecule has 0 bridgehead atoms. The number of hydrogen-bond donors (Lipinski definition) is 0. The molecule has 0 aromatic heterocycles. The van der Waals surface area contributed by atoms with E-state index in [2.05, 4.69) is 96.9 Å². The molecule has 0 aliphatic rings. The van der Waals surface area contributed by atoms with E-state index in [0.29, 0.717) is 33.2 Å². The summed E-state index contributed by atoms with van der Waals surface area (Å²) >= 11 is 0.